The molecule has 7 heteroatoms. The average Bonchev–Trinajstić information content (AvgIpc) is 2.35. The maximum absolute atomic E-state index is 4.31. The first-order chi connectivity index (χ1) is 9.22. The van der Waals surface area contributed by atoms with Crippen molar-refractivity contribution >= 4 is 0 Å². The van der Waals surface area contributed by atoms with Gasteiger partial charge >= 0.3 is 0 Å². The molecule has 0 aromatic carbocycles. The zero-order valence-electron chi connectivity index (χ0n) is 15.3. The molecule has 24 heavy (non-hydrogen) atoms. The predicted octanol–water partition coefficient (Wildman–Crippen LogP) is 1.58. The van der Waals surface area contributed by atoms with Crippen LogP contribution >= 0.6 is 0 Å². The Hall–Kier alpha value is -1.96. The van der Waals surface area contributed by atoms with Crippen molar-refractivity contribution in [2.75, 3.05) is 0 Å². The van der Waals surface area contributed by atoms with Crippen LogP contribution in [0.1, 0.15) is 53.0 Å². The third-order valence-electron chi connectivity index (χ3n) is 3.44. The zero-order valence-corrected chi connectivity index (χ0v) is 15.3. The van der Waals surface area contributed by atoms with E-state index in [9.17, 15) is 0 Å². The van der Waals surface area contributed by atoms with Gasteiger partial charge < -0.3 is 16.4 Å². The summed E-state index contributed by atoms with van der Waals surface area (Å²) < 4.78 is 0. The first-order valence-corrected chi connectivity index (χ1v) is 6.79. The van der Waals surface area contributed by atoms with Crippen LogP contribution in [0.3, 0.4) is 0 Å². The van der Waals surface area contributed by atoms with E-state index in [2.05, 4.69) is 19.9 Å². The summed E-state index contributed by atoms with van der Waals surface area (Å²) in [4.78, 5) is 17.2. The van der Waals surface area contributed by atoms with Crippen molar-refractivity contribution in [1.29, 1.82) is 0 Å². The zero-order chi connectivity index (χ0) is 15.4. The Kier molecular flexibility index (Phi) is 15.6. The number of aryl methyl sites for hydroxylation is 8. The lowest BCUT2D eigenvalue weighted by atomic mass is 10.3. The van der Waals surface area contributed by atoms with E-state index in [1.165, 1.54) is 0 Å². The van der Waals surface area contributed by atoms with Gasteiger partial charge in [-0.25, -0.2) is 0 Å². The van der Waals surface area contributed by atoms with Crippen LogP contribution in [0, 0.1) is 55.4 Å². The fraction of sp³-hybridized carbons (Fsp3) is 0.529. The maximum atomic E-state index is 4.31. The SMILES string of the molecule is C.Cc1nc(C)c(C)nc1C.Cc1nc(C)c(C)nc1C.O.O.O. The molecular weight excluding hydrogens is 308 g/mol. The van der Waals surface area contributed by atoms with Gasteiger partial charge in [-0.2, -0.15) is 0 Å². The maximum Gasteiger partial charge on any atom is 0.0588 e. The van der Waals surface area contributed by atoms with Crippen LogP contribution < -0.4 is 0 Å². The second kappa shape index (κ2) is 12.5. The van der Waals surface area contributed by atoms with Gasteiger partial charge in [-0.1, -0.05) is 7.43 Å². The molecule has 2 rings (SSSR count). The molecule has 0 fully saturated rings. The van der Waals surface area contributed by atoms with Gasteiger partial charge in [-0.3, -0.25) is 19.9 Å². The highest BCUT2D eigenvalue weighted by Crippen LogP contribution is 2.05. The number of aromatic nitrogens is 4. The minimum Gasteiger partial charge on any atom is -0.412 e. The molecule has 7 nitrogen and oxygen atoms in total. The van der Waals surface area contributed by atoms with E-state index in [4.69, 9.17) is 0 Å². The number of rotatable bonds is 0. The summed E-state index contributed by atoms with van der Waals surface area (Å²) in [6.45, 7) is 15.8. The van der Waals surface area contributed by atoms with Crippen LogP contribution in [0.2, 0.25) is 0 Å². The van der Waals surface area contributed by atoms with Crippen LogP contribution in [0.25, 0.3) is 0 Å². The molecule has 0 spiro atoms. The molecule has 0 atom stereocenters. The smallest absolute Gasteiger partial charge is 0.0588 e. The van der Waals surface area contributed by atoms with E-state index in [-0.39, 0.29) is 23.9 Å². The Morgan fingerprint density at radius 1 is 0.333 bits per heavy atom. The molecule has 2 heterocycles. The molecule has 0 saturated carbocycles. The Labute approximate surface area is 145 Å². The third kappa shape index (κ3) is 8.05. The molecule has 0 radical (unpaired) electrons. The van der Waals surface area contributed by atoms with Crippen LogP contribution in [0.15, 0.2) is 0 Å². The highest BCUT2D eigenvalue weighted by Gasteiger charge is 1.99. The van der Waals surface area contributed by atoms with E-state index in [1.807, 2.05) is 55.4 Å². The largest absolute Gasteiger partial charge is 0.412 e. The first-order valence-electron chi connectivity index (χ1n) is 6.79. The van der Waals surface area contributed by atoms with Crippen LogP contribution in [-0.4, -0.2) is 36.4 Å². The second-order valence-corrected chi connectivity index (χ2v) is 5.13. The number of hydrogen-bond donors (Lipinski definition) is 0. The van der Waals surface area contributed by atoms with Gasteiger partial charge in [0, 0.05) is 0 Å². The van der Waals surface area contributed by atoms with E-state index in [0.717, 1.165) is 45.6 Å². The number of nitrogens with zero attached hydrogens (tertiary/aromatic N) is 4. The quantitative estimate of drug-likeness (QED) is 0.715. The molecule has 140 valence electrons. The molecule has 0 saturated heterocycles. The predicted molar refractivity (Wildman–Crippen MR) is 99.5 cm³/mol. The van der Waals surface area contributed by atoms with Crippen molar-refractivity contribution in [3.8, 4) is 0 Å². The highest BCUT2D eigenvalue weighted by atomic mass is 16.0. The molecule has 0 aliphatic rings. The molecule has 0 amide bonds. The normalized spacial score (nSPS) is 8.33. The molecule has 2 aromatic heterocycles. The summed E-state index contributed by atoms with van der Waals surface area (Å²) in [5.41, 5.74) is 8.25. The lowest BCUT2D eigenvalue weighted by Crippen LogP contribution is -1.97. The molecule has 0 aliphatic carbocycles. The van der Waals surface area contributed by atoms with Crippen molar-refractivity contribution in [3.05, 3.63) is 45.6 Å². The van der Waals surface area contributed by atoms with E-state index < -0.39 is 0 Å². The summed E-state index contributed by atoms with van der Waals surface area (Å²) in [6, 6.07) is 0. The van der Waals surface area contributed by atoms with Gasteiger partial charge in [0.05, 0.1) is 45.6 Å². The van der Waals surface area contributed by atoms with Gasteiger partial charge in [0.1, 0.15) is 0 Å². The van der Waals surface area contributed by atoms with Gasteiger partial charge in [-0.15, -0.1) is 0 Å². The molecule has 6 N–H and O–H groups in total. The fourth-order valence-electron chi connectivity index (χ4n) is 1.65. The average molecular weight is 342 g/mol. The van der Waals surface area contributed by atoms with Crippen molar-refractivity contribution in [2.24, 2.45) is 0 Å². The van der Waals surface area contributed by atoms with E-state index in [1.54, 1.807) is 0 Å². The lowest BCUT2D eigenvalue weighted by molar-refractivity contribution is 0.823. The molecule has 2 aromatic rings. The van der Waals surface area contributed by atoms with Gasteiger partial charge in [0.2, 0.25) is 0 Å². The molecule has 0 aliphatic heterocycles. The molecule has 0 bridgehead atoms. The van der Waals surface area contributed by atoms with E-state index in [0.29, 0.717) is 0 Å². The van der Waals surface area contributed by atoms with Crippen LogP contribution in [0.5, 0.6) is 0 Å². The standard InChI is InChI=1S/2C8H12N2.CH4.3H2O/c2*1-5-6(2)10-8(4)7(3)9-5;;;;/h2*1-4H3;1H4;3*1H2. The van der Waals surface area contributed by atoms with Crippen LogP contribution in [0.4, 0.5) is 0 Å². The summed E-state index contributed by atoms with van der Waals surface area (Å²) >= 11 is 0. The van der Waals surface area contributed by atoms with Crippen molar-refractivity contribution < 1.29 is 16.4 Å². The monoisotopic (exact) mass is 342 g/mol. The topological polar surface area (TPSA) is 146 Å². The van der Waals surface area contributed by atoms with E-state index >= 15 is 0 Å². The molecular formula is C17H34N4O3. The highest BCUT2D eigenvalue weighted by molar-refractivity contribution is 5.16. The second-order valence-electron chi connectivity index (χ2n) is 5.13. The first kappa shape index (κ1) is 30.0. The Bertz CT molecular complexity index is 476. The van der Waals surface area contributed by atoms with Gasteiger partial charge in [0.15, 0.2) is 0 Å². The Morgan fingerprint density at radius 2 is 0.417 bits per heavy atom. The summed E-state index contributed by atoms with van der Waals surface area (Å²) in [7, 11) is 0. The Balaban J connectivity index is -0.000000143. The van der Waals surface area contributed by atoms with Crippen molar-refractivity contribution in [2.45, 2.75) is 62.8 Å². The lowest BCUT2D eigenvalue weighted by Gasteiger charge is -2.01. The summed E-state index contributed by atoms with van der Waals surface area (Å²) in [5, 5.41) is 0. The van der Waals surface area contributed by atoms with Gasteiger partial charge in [-0.05, 0) is 55.4 Å². The summed E-state index contributed by atoms with van der Waals surface area (Å²) in [6.07, 6.45) is 0. The van der Waals surface area contributed by atoms with Gasteiger partial charge in [0.25, 0.3) is 0 Å². The summed E-state index contributed by atoms with van der Waals surface area (Å²) in [5.74, 6) is 0. The Morgan fingerprint density at radius 3 is 0.500 bits per heavy atom. The number of hydrogen-bond acceptors (Lipinski definition) is 4. The molecule has 0 unspecified atom stereocenters. The minimum atomic E-state index is 0. The van der Waals surface area contributed by atoms with Crippen molar-refractivity contribution in [3.63, 3.8) is 0 Å². The van der Waals surface area contributed by atoms with Crippen molar-refractivity contribution in [1.82, 2.24) is 19.9 Å². The fourth-order valence-corrected chi connectivity index (χ4v) is 1.65. The third-order valence-corrected chi connectivity index (χ3v) is 3.44. The van der Waals surface area contributed by atoms with Crippen LogP contribution in [-0.2, 0) is 0 Å². The minimum absolute atomic E-state index is 0.